The summed E-state index contributed by atoms with van der Waals surface area (Å²) in [6, 6.07) is 0. The van der Waals surface area contributed by atoms with Gasteiger partial charge in [0, 0.05) is 5.41 Å². The van der Waals surface area contributed by atoms with Crippen LogP contribution in [0.1, 0.15) is 34.6 Å². The molecular weight excluding hydrogens is 210 g/mol. The van der Waals surface area contributed by atoms with Crippen LogP contribution in [0.15, 0.2) is 0 Å². The van der Waals surface area contributed by atoms with E-state index in [0.717, 1.165) is 0 Å². The van der Waals surface area contributed by atoms with Crippen LogP contribution in [0.4, 0.5) is 0 Å². The molecule has 0 aliphatic heterocycles. The quantitative estimate of drug-likeness (QED) is 0.538. The molecule has 0 amide bonds. The standard InChI is InChI=1S/C15H24NO/c1-7-9-11-16(6,12-10-8-2)13-14(17)15(3,4)5/h11-13H2,1-6H3/q+1. The molecule has 0 N–H and O–H groups in total. The number of ketones is 1. The summed E-state index contributed by atoms with van der Waals surface area (Å²) in [4.78, 5) is 12.1. The minimum atomic E-state index is -0.293. The molecule has 0 fully saturated rings. The summed E-state index contributed by atoms with van der Waals surface area (Å²) in [5.41, 5.74) is -0.293. The van der Waals surface area contributed by atoms with Crippen LogP contribution in [0.3, 0.4) is 0 Å². The molecule has 2 nitrogen and oxygen atoms in total. The molecule has 0 aromatic heterocycles. The molecule has 0 atom stereocenters. The zero-order valence-corrected chi connectivity index (χ0v) is 12.0. The third-order valence-corrected chi connectivity index (χ3v) is 2.64. The third-order valence-electron chi connectivity index (χ3n) is 2.64. The smallest absolute Gasteiger partial charge is 0.192 e. The number of carbonyl (C=O) groups excluding carboxylic acids is 1. The summed E-state index contributed by atoms with van der Waals surface area (Å²) in [7, 11) is 2.04. The van der Waals surface area contributed by atoms with Crippen LogP contribution in [0.5, 0.6) is 0 Å². The molecule has 0 unspecified atom stereocenters. The van der Waals surface area contributed by atoms with E-state index in [-0.39, 0.29) is 11.2 Å². The lowest BCUT2D eigenvalue weighted by Crippen LogP contribution is -2.50. The van der Waals surface area contributed by atoms with Crippen LogP contribution in [0, 0.1) is 29.1 Å². The van der Waals surface area contributed by atoms with E-state index in [9.17, 15) is 4.79 Å². The molecule has 0 bridgehead atoms. The fraction of sp³-hybridized carbons (Fsp3) is 0.667. The zero-order chi connectivity index (χ0) is 13.5. The minimum Gasteiger partial charge on any atom is -0.300 e. The molecule has 0 aromatic carbocycles. The van der Waals surface area contributed by atoms with E-state index in [0.29, 0.717) is 24.1 Å². The van der Waals surface area contributed by atoms with Crippen LogP contribution in [-0.2, 0) is 4.79 Å². The van der Waals surface area contributed by atoms with Gasteiger partial charge in [0.05, 0.1) is 7.05 Å². The van der Waals surface area contributed by atoms with E-state index in [1.165, 1.54) is 0 Å². The van der Waals surface area contributed by atoms with Gasteiger partial charge in [-0.05, 0) is 25.7 Å². The number of nitrogens with zero attached hydrogens (tertiary/aromatic N) is 1. The van der Waals surface area contributed by atoms with Gasteiger partial charge in [-0.25, -0.2) is 0 Å². The summed E-state index contributed by atoms with van der Waals surface area (Å²) < 4.78 is 0.581. The highest BCUT2D eigenvalue weighted by Gasteiger charge is 2.30. The van der Waals surface area contributed by atoms with Crippen molar-refractivity contribution in [1.82, 2.24) is 0 Å². The minimum absolute atomic E-state index is 0.260. The van der Waals surface area contributed by atoms with Gasteiger partial charge in [-0.15, -0.1) is 11.8 Å². The molecule has 0 aromatic rings. The van der Waals surface area contributed by atoms with Gasteiger partial charge >= 0.3 is 0 Å². The van der Waals surface area contributed by atoms with E-state index in [1.54, 1.807) is 0 Å². The number of likely N-dealkylation sites (N-methyl/N-ethyl adjacent to an activating group) is 1. The number of rotatable bonds is 4. The molecule has 0 aliphatic carbocycles. The predicted octanol–water partition coefficient (Wildman–Crippen LogP) is 2.09. The van der Waals surface area contributed by atoms with Crippen LogP contribution in [0.2, 0.25) is 0 Å². The van der Waals surface area contributed by atoms with Crippen molar-refractivity contribution < 1.29 is 9.28 Å². The van der Waals surface area contributed by atoms with Gasteiger partial charge in [-0.2, -0.15) is 0 Å². The molecule has 2 heteroatoms. The highest BCUT2D eigenvalue weighted by atomic mass is 16.1. The molecule has 0 spiro atoms. The summed E-state index contributed by atoms with van der Waals surface area (Å²) in [5, 5.41) is 0. The van der Waals surface area contributed by atoms with Gasteiger partial charge in [0.2, 0.25) is 0 Å². The topological polar surface area (TPSA) is 17.1 Å². The first-order valence-electron chi connectivity index (χ1n) is 5.91. The van der Waals surface area contributed by atoms with Crippen molar-refractivity contribution in [2.75, 3.05) is 26.7 Å². The van der Waals surface area contributed by atoms with Crippen LogP contribution in [-0.4, -0.2) is 36.9 Å². The normalized spacial score (nSPS) is 10.9. The summed E-state index contributed by atoms with van der Waals surface area (Å²) >= 11 is 0. The SMILES string of the molecule is CC#CC[N+](C)(CC#CC)CC(=O)C(C)(C)C. The van der Waals surface area contributed by atoms with Crippen molar-refractivity contribution in [3.05, 3.63) is 0 Å². The second kappa shape index (κ2) is 6.48. The fourth-order valence-electron chi connectivity index (χ4n) is 1.29. The van der Waals surface area contributed by atoms with Gasteiger partial charge in [0.25, 0.3) is 0 Å². The Kier molecular flexibility index (Phi) is 6.00. The van der Waals surface area contributed by atoms with Gasteiger partial charge in [0.1, 0.15) is 19.6 Å². The van der Waals surface area contributed by atoms with Crippen LogP contribution >= 0.6 is 0 Å². The van der Waals surface area contributed by atoms with Gasteiger partial charge in [-0.1, -0.05) is 20.8 Å². The van der Waals surface area contributed by atoms with Crippen molar-refractivity contribution in [3.8, 4) is 23.7 Å². The molecule has 0 heterocycles. The lowest BCUT2D eigenvalue weighted by molar-refractivity contribution is -0.888. The largest absolute Gasteiger partial charge is 0.300 e. The first kappa shape index (κ1) is 15.8. The maximum Gasteiger partial charge on any atom is 0.192 e. The number of Topliss-reactive ketones (excluding diaryl/α,β-unsaturated/α-hetero) is 1. The first-order chi connectivity index (χ1) is 7.75. The van der Waals surface area contributed by atoms with Crippen molar-refractivity contribution in [2.24, 2.45) is 5.41 Å². The van der Waals surface area contributed by atoms with Crippen molar-refractivity contribution >= 4 is 5.78 Å². The van der Waals surface area contributed by atoms with Crippen LogP contribution in [0.25, 0.3) is 0 Å². The third kappa shape index (κ3) is 6.15. The molecule has 0 radical (unpaired) electrons. The Balaban J connectivity index is 4.83. The molecular formula is C15H24NO+. The lowest BCUT2D eigenvalue weighted by Gasteiger charge is -2.32. The highest BCUT2D eigenvalue weighted by molar-refractivity contribution is 5.84. The van der Waals surface area contributed by atoms with Gasteiger partial charge in [-0.3, -0.25) is 9.28 Å². The fourth-order valence-corrected chi connectivity index (χ4v) is 1.29. The van der Waals surface area contributed by atoms with E-state index in [1.807, 2.05) is 41.7 Å². The van der Waals surface area contributed by atoms with Gasteiger partial charge in [0.15, 0.2) is 5.78 Å². The lowest BCUT2D eigenvalue weighted by atomic mass is 9.90. The van der Waals surface area contributed by atoms with Crippen molar-refractivity contribution in [1.29, 1.82) is 0 Å². The highest BCUT2D eigenvalue weighted by Crippen LogP contribution is 2.17. The van der Waals surface area contributed by atoms with E-state index < -0.39 is 0 Å². The number of quaternary nitrogens is 1. The zero-order valence-electron chi connectivity index (χ0n) is 12.0. The Bertz CT molecular complexity index is 357. The van der Waals surface area contributed by atoms with E-state index in [2.05, 4.69) is 23.7 Å². The second-order valence-corrected chi connectivity index (χ2v) is 5.62. The summed E-state index contributed by atoms with van der Waals surface area (Å²) in [6.45, 7) is 11.3. The second-order valence-electron chi connectivity index (χ2n) is 5.62. The van der Waals surface area contributed by atoms with E-state index in [4.69, 9.17) is 0 Å². The first-order valence-corrected chi connectivity index (χ1v) is 5.91. The molecule has 94 valence electrons. The molecule has 0 saturated heterocycles. The summed E-state index contributed by atoms with van der Waals surface area (Å²) in [6.07, 6.45) is 0. The van der Waals surface area contributed by atoms with Gasteiger partial charge < -0.3 is 0 Å². The Hall–Kier alpha value is -1.25. The number of hydrogen-bond donors (Lipinski definition) is 0. The van der Waals surface area contributed by atoms with Crippen LogP contribution < -0.4 is 0 Å². The Morgan fingerprint density at radius 2 is 1.47 bits per heavy atom. The molecule has 0 saturated carbocycles. The maximum absolute atomic E-state index is 12.1. The van der Waals surface area contributed by atoms with Crippen molar-refractivity contribution in [3.63, 3.8) is 0 Å². The Morgan fingerprint density at radius 1 is 1.06 bits per heavy atom. The summed E-state index contributed by atoms with van der Waals surface area (Å²) in [5.74, 6) is 12.1. The maximum atomic E-state index is 12.1. The molecule has 0 rings (SSSR count). The average molecular weight is 234 g/mol. The monoisotopic (exact) mass is 234 g/mol. The van der Waals surface area contributed by atoms with Crippen molar-refractivity contribution in [2.45, 2.75) is 34.6 Å². The Labute approximate surface area is 106 Å². The Morgan fingerprint density at radius 3 is 1.76 bits per heavy atom. The molecule has 0 aliphatic rings. The average Bonchev–Trinajstić information content (AvgIpc) is 2.22. The predicted molar refractivity (Wildman–Crippen MR) is 72.1 cm³/mol. The molecule has 17 heavy (non-hydrogen) atoms. The number of carbonyl (C=O) groups is 1. The van der Waals surface area contributed by atoms with E-state index >= 15 is 0 Å². The number of hydrogen-bond acceptors (Lipinski definition) is 1.